The quantitative estimate of drug-likeness (QED) is 0.901. The summed E-state index contributed by atoms with van der Waals surface area (Å²) in [5.74, 6) is 0. The molecule has 19 heavy (non-hydrogen) atoms. The highest BCUT2D eigenvalue weighted by atomic mass is 79.9. The Hall–Kier alpha value is -0.580. The Labute approximate surface area is 124 Å². The lowest BCUT2D eigenvalue weighted by atomic mass is 10.1. The summed E-state index contributed by atoms with van der Waals surface area (Å²) in [6.45, 7) is 8.92. The van der Waals surface area contributed by atoms with Crippen molar-refractivity contribution in [3.8, 4) is 0 Å². The lowest BCUT2D eigenvalue weighted by Crippen LogP contribution is -2.37. The van der Waals surface area contributed by atoms with Crippen molar-refractivity contribution in [1.82, 2.24) is 4.90 Å². The zero-order valence-electron chi connectivity index (χ0n) is 11.8. The number of aliphatic hydroxyl groups is 1. The van der Waals surface area contributed by atoms with Crippen molar-refractivity contribution in [2.75, 3.05) is 31.1 Å². The molecule has 1 N–H and O–H groups in total. The second-order valence-electron chi connectivity index (χ2n) is 5.04. The number of hydrogen-bond donors (Lipinski definition) is 1. The molecular formula is C15H23BrN2O. The monoisotopic (exact) mass is 326 g/mol. The van der Waals surface area contributed by atoms with Crippen molar-refractivity contribution in [3.05, 3.63) is 28.2 Å². The van der Waals surface area contributed by atoms with Gasteiger partial charge in [0.25, 0.3) is 0 Å². The number of halogens is 1. The Morgan fingerprint density at radius 3 is 2.74 bits per heavy atom. The summed E-state index contributed by atoms with van der Waals surface area (Å²) in [6, 6.07) is 6.82. The Bertz CT molecular complexity index is 421. The fraction of sp³-hybridized carbons (Fsp3) is 0.600. The van der Waals surface area contributed by atoms with Gasteiger partial charge < -0.3 is 10.0 Å². The van der Waals surface area contributed by atoms with Crippen molar-refractivity contribution in [1.29, 1.82) is 0 Å². The second kappa shape index (κ2) is 6.73. The van der Waals surface area contributed by atoms with Crippen LogP contribution in [0.25, 0.3) is 0 Å². The van der Waals surface area contributed by atoms with E-state index >= 15 is 0 Å². The van der Waals surface area contributed by atoms with Crippen LogP contribution in [0.3, 0.4) is 0 Å². The second-order valence-corrected chi connectivity index (χ2v) is 5.96. The Balaban J connectivity index is 2.12. The van der Waals surface area contributed by atoms with Gasteiger partial charge in [0.1, 0.15) is 0 Å². The van der Waals surface area contributed by atoms with E-state index in [1.165, 1.54) is 12.1 Å². The highest BCUT2D eigenvalue weighted by Gasteiger charge is 2.27. The van der Waals surface area contributed by atoms with Gasteiger partial charge in [-0.25, -0.2) is 0 Å². The van der Waals surface area contributed by atoms with Crippen LogP contribution in [0.15, 0.2) is 22.7 Å². The van der Waals surface area contributed by atoms with E-state index in [2.05, 4.69) is 51.7 Å². The molecule has 0 aromatic heterocycles. The SMILES string of the molecule is CCN(CC)C1CCN(c2ccc(Br)cc2CO)C1. The maximum absolute atomic E-state index is 9.51. The van der Waals surface area contributed by atoms with Gasteiger partial charge >= 0.3 is 0 Å². The van der Waals surface area contributed by atoms with Crippen LogP contribution in [-0.4, -0.2) is 42.2 Å². The molecule has 0 bridgehead atoms. The Morgan fingerprint density at radius 1 is 1.37 bits per heavy atom. The van der Waals surface area contributed by atoms with Gasteiger partial charge in [-0.15, -0.1) is 0 Å². The van der Waals surface area contributed by atoms with E-state index in [0.717, 1.165) is 36.2 Å². The molecule has 0 radical (unpaired) electrons. The first-order valence-electron chi connectivity index (χ1n) is 7.07. The molecule has 2 rings (SSSR count). The number of anilines is 1. The number of aliphatic hydroxyl groups excluding tert-OH is 1. The summed E-state index contributed by atoms with van der Waals surface area (Å²) in [5.41, 5.74) is 2.19. The average Bonchev–Trinajstić information content (AvgIpc) is 2.89. The minimum absolute atomic E-state index is 0.0984. The van der Waals surface area contributed by atoms with E-state index in [9.17, 15) is 5.11 Å². The van der Waals surface area contributed by atoms with Crippen molar-refractivity contribution < 1.29 is 5.11 Å². The smallest absolute Gasteiger partial charge is 0.0702 e. The van der Waals surface area contributed by atoms with Crippen molar-refractivity contribution >= 4 is 21.6 Å². The molecule has 4 heteroatoms. The average molecular weight is 327 g/mol. The van der Waals surface area contributed by atoms with Gasteiger partial charge in [0.05, 0.1) is 6.61 Å². The molecule has 1 aromatic carbocycles. The van der Waals surface area contributed by atoms with Gasteiger partial charge in [-0.3, -0.25) is 4.90 Å². The maximum Gasteiger partial charge on any atom is 0.0702 e. The third-order valence-electron chi connectivity index (χ3n) is 4.04. The fourth-order valence-corrected chi connectivity index (χ4v) is 3.40. The molecular weight excluding hydrogens is 304 g/mol. The summed E-state index contributed by atoms with van der Waals surface area (Å²) in [5, 5.41) is 9.51. The van der Waals surface area contributed by atoms with Gasteiger partial charge in [0.15, 0.2) is 0 Å². The number of benzene rings is 1. The maximum atomic E-state index is 9.51. The van der Waals surface area contributed by atoms with Gasteiger partial charge in [-0.1, -0.05) is 29.8 Å². The normalized spacial score (nSPS) is 19.4. The summed E-state index contributed by atoms with van der Waals surface area (Å²) in [4.78, 5) is 4.93. The first kappa shape index (κ1) is 14.8. The van der Waals surface area contributed by atoms with E-state index in [0.29, 0.717) is 6.04 Å². The van der Waals surface area contributed by atoms with Crippen LogP contribution in [0.4, 0.5) is 5.69 Å². The van der Waals surface area contributed by atoms with E-state index in [1.54, 1.807) is 0 Å². The van der Waals surface area contributed by atoms with E-state index in [4.69, 9.17) is 0 Å². The Morgan fingerprint density at radius 2 is 2.11 bits per heavy atom. The molecule has 1 fully saturated rings. The lowest BCUT2D eigenvalue weighted by molar-refractivity contribution is 0.232. The third kappa shape index (κ3) is 3.30. The van der Waals surface area contributed by atoms with Crippen LogP contribution in [0.5, 0.6) is 0 Å². The van der Waals surface area contributed by atoms with Gasteiger partial charge in [0, 0.05) is 34.9 Å². The standard InChI is InChI=1S/C15H23BrN2O/c1-3-17(4-2)14-7-8-18(10-14)15-6-5-13(16)9-12(15)11-19/h5-6,9,14,19H,3-4,7-8,10-11H2,1-2H3. The minimum atomic E-state index is 0.0984. The molecule has 1 unspecified atom stereocenters. The molecule has 106 valence electrons. The molecule has 1 aromatic rings. The van der Waals surface area contributed by atoms with Gasteiger partial charge in [-0.05, 0) is 37.7 Å². The number of hydrogen-bond acceptors (Lipinski definition) is 3. The molecule has 0 spiro atoms. The topological polar surface area (TPSA) is 26.7 Å². The first-order chi connectivity index (χ1) is 9.19. The van der Waals surface area contributed by atoms with E-state index in [1.807, 2.05) is 6.07 Å². The summed E-state index contributed by atoms with van der Waals surface area (Å²) in [7, 11) is 0. The highest BCUT2D eigenvalue weighted by molar-refractivity contribution is 9.10. The molecule has 1 saturated heterocycles. The molecule has 1 atom stereocenters. The molecule has 1 aliphatic rings. The molecule has 0 amide bonds. The lowest BCUT2D eigenvalue weighted by Gasteiger charge is -2.27. The number of rotatable bonds is 5. The van der Waals surface area contributed by atoms with Crippen LogP contribution in [0.1, 0.15) is 25.8 Å². The van der Waals surface area contributed by atoms with Crippen LogP contribution >= 0.6 is 15.9 Å². The van der Waals surface area contributed by atoms with Crippen LogP contribution < -0.4 is 4.90 Å². The van der Waals surface area contributed by atoms with Gasteiger partial charge in [-0.2, -0.15) is 0 Å². The highest BCUT2D eigenvalue weighted by Crippen LogP contribution is 2.28. The summed E-state index contributed by atoms with van der Waals surface area (Å²) < 4.78 is 1.03. The van der Waals surface area contributed by atoms with Crippen molar-refractivity contribution in [2.24, 2.45) is 0 Å². The minimum Gasteiger partial charge on any atom is -0.392 e. The largest absolute Gasteiger partial charge is 0.392 e. The zero-order chi connectivity index (χ0) is 13.8. The predicted octanol–water partition coefficient (Wildman–Crippen LogP) is 2.86. The number of likely N-dealkylation sites (N-methyl/N-ethyl adjacent to an activating group) is 1. The van der Waals surface area contributed by atoms with Crippen LogP contribution in [0, 0.1) is 0 Å². The number of nitrogens with zero attached hydrogens (tertiary/aromatic N) is 2. The van der Waals surface area contributed by atoms with Crippen LogP contribution in [-0.2, 0) is 6.61 Å². The van der Waals surface area contributed by atoms with Gasteiger partial charge in [0.2, 0.25) is 0 Å². The van der Waals surface area contributed by atoms with Crippen molar-refractivity contribution in [2.45, 2.75) is 32.9 Å². The van der Waals surface area contributed by atoms with E-state index in [-0.39, 0.29) is 6.61 Å². The van der Waals surface area contributed by atoms with E-state index < -0.39 is 0 Å². The fourth-order valence-electron chi connectivity index (χ4n) is 2.99. The Kier molecular flexibility index (Phi) is 5.25. The summed E-state index contributed by atoms with van der Waals surface area (Å²) >= 11 is 3.47. The molecule has 0 aliphatic carbocycles. The first-order valence-corrected chi connectivity index (χ1v) is 7.87. The third-order valence-corrected chi connectivity index (χ3v) is 4.54. The molecule has 1 heterocycles. The van der Waals surface area contributed by atoms with Crippen molar-refractivity contribution in [3.63, 3.8) is 0 Å². The molecule has 1 aliphatic heterocycles. The molecule has 3 nitrogen and oxygen atoms in total. The molecule has 0 saturated carbocycles. The summed E-state index contributed by atoms with van der Waals surface area (Å²) in [6.07, 6.45) is 1.21. The van der Waals surface area contributed by atoms with Crippen LogP contribution in [0.2, 0.25) is 0 Å². The zero-order valence-corrected chi connectivity index (χ0v) is 13.4. The predicted molar refractivity (Wildman–Crippen MR) is 83.6 cm³/mol.